The molecule has 0 aromatic heterocycles. The number of hydrogen-bond acceptors (Lipinski definition) is 4. The molecule has 282 valence electrons. The second kappa shape index (κ2) is 13.8. The molecule has 10 aromatic carbocycles. The molecule has 0 N–H and O–H groups in total. The van der Waals surface area contributed by atoms with Crippen LogP contribution in [0.4, 0.5) is 34.1 Å². The van der Waals surface area contributed by atoms with Crippen LogP contribution in [0.3, 0.4) is 0 Å². The van der Waals surface area contributed by atoms with E-state index in [-0.39, 0.29) is 0 Å². The highest BCUT2D eigenvalue weighted by atomic mass is 16.5. The molecular formula is C56H36N2O2. The molecular weight excluding hydrogens is 733 g/mol. The zero-order valence-electron chi connectivity index (χ0n) is 32.5. The van der Waals surface area contributed by atoms with Crippen molar-refractivity contribution >= 4 is 55.7 Å². The van der Waals surface area contributed by atoms with Crippen LogP contribution in [0.5, 0.6) is 23.0 Å². The van der Waals surface area contributed by atoms with Gasteiger partial charge >= 0.3 is 0 Å². The molecule has 0 fully saturated rings. The van der Waals surface area contributed by atoms with Crippen LogP contribution in [0.15, 0.2) is 218 Å². The number of rotatable bonds is 5. The fraction of sp³-hybridized carbons (Fsp3) is 0. The standard InChI is InChI=1S/C56H36N2O2/c1-3-14-37(15-4-1)44-30-45(38-16-5-2-6-17-38)32-46(31-44)57-49-23-11-12-25-53(49)59-54-28-26-42(34-50(54)57)43-27-29-55-51(35-43)58(48-24-13-21-39-18-9-10-22-47(39)48)52-33-40-19-7-8-20-41(40)36-56(52)60-55/h1-36H. The second-order valence-electron chi connectivity index (χ2n) is 15.4. The van der Waals surface area contributed by atoms with E-state index >= 15 is 0 Å². The number of fused-ring (bicyclic) bond motifs is 6. The Morgan fingerprint density at radius 2 is 0.750 bits per heavy atom. The summed E-state index contributed by atoms with van der Waals surface area (Å²) in [6.45, 7) is 0. The van der Waals surface area contributed by atoms with Gasteiger partial charge in [0.15, 0.2) is 23.0 Å². The van der Waals surface area contributed by atoms with Gasteiger partial charge in [-0.2, -0.15) is 0 Å². The molecule has 0 radical (unpaired) electrons. The maximum absolute atomic E-state index is 6.77. The lowest BCUT2D eigenvalue weighted by Gasteiger charge is -2.35. The molecule has 0 atom stereocenters. The zero-order chi connectivity index (χ0) is 39.6. The third-order valence-corrected chi connectivity index (χ3v) is 11.7. The maximum Gasteiger partial charge on any atom is 0.152 e. The van der Waals surface area contributed by atoms with Crippen molar-refractivity contribution in [1.29, 1.82) is 0 Å². The lowest BCUT2D eigenvalue weighted by atomic mass is 9.96. The minimum Gasteiger partial charge on any atom is -0.453 e. The number of anilines is 6. The predicted octanol–water partition coefficient (Wildman–Crippen LogP) is 16.1. The molecule has 0 saturated carbocycles. The molecule has 2 heterocycles. The number of benzene rings is 10. The molecule has 0 saturated heterocycles. The summed E-state index contributed by atoms with van der Waals surface area (Å²) in [6, 6.07) is 77.5. The molecule has 0 amide bonds. The van der Waals surface area contributed by atoms with Crippen molar-refractivity contribution in [3.63, 3.8) is 0 Å². The van der Waals surface area contributed by atoms with Gasteiger partial charge in [0.05, 0.1) is 28.4 Å². The van der Waals surface area contributed by atoms with Gasteiger partial charge in [-0.1, -0.05) is 146 Å². The molecule has 0 unspecified atom stereocenters. The molecule has 60 heavy (non-hydrogen) atoms. The Balaban J connectivity index is 1.03. The summed E-state index contributed by atoms with van der Waals surface area (Å²) < 4.78 is 13.4. The van der Waals surface area contributed by atoms with Crippen LogP contribution in [0.25, 0.3) is 54.9 Å². The van der Waals surface area contributed by atoms with E-state index in [1.54, 1.807) is 0 Å². The highest BCUT2D eigenvalue weighted by Gasteiger charge is 2.30. The molecule has 4 heteroatoms. The molecule has 0 spiro atoms. The van der Waals surface area contributed by atoms with Crippen molar-refractivity contribution in [2.45, 2.75) is 0 Å². The Bertz CT molecular complexity index is 3220. The van der Waals surface area contributed by atoms with E-state index < -0.39 is 0 Å². The van der Waals surface area contributed by atoms with Crippen molar-refractivity contribution in [2.24, 2.45) is 0 Å². The van der Waals surface area contributed by atoms with Crippen LogP contribution < -0.4 is 19.3 Å². The van der Waals surface area contributed by atoms with Gasteiger partial charge in [0, 0.05) is 11.1 Å². The molecule has 2 aliphatic heterocycles. The fourth-order valence-corrected chi connectivity index (χ4v) is 8.88. The van der Waals surface area contributed by atoms with Gasteiger partial charge in [0.2, 0.25) is 0 Å². The van der Waals surface area contributed by atoms with Gasteiger partial charge in [-0.05, 0) is 122 Å². The Morgan fingerprint density at radius 3 is 1.45 bits per heavy atom. The summed E-state index contributed by atoms with van der Waals surface area (Å²) in [5.41, 5.74) is 12.8. The lowest BCUT2D eigenvalue weighted by Crippen LogP contribution is -2.17. The maximum atomic E-state index is 6.77. The van der Waals surface area contributed by atoms with Crippen molar-refractivity contribution in [3.8, 4) is 56.4 Å². The molecule has 2 aliphatic rings. The highest BCUT2D eigenvalue weighted by Crippen LogP contribution is 2.55. The Labute approximate surface area is 348 Å². The molecule has 0 bridgehead atoms. The Hall–Kier alpha value is -8.08. The minimum absolute atomic E-state index is 0.795. The molecule has 12 rings (SSSR count). The average Bonchev–Trinajstić information content (AvgIpc) is 3.32. The van der Waals surface area contributed by atoms with Crippen LogP contribution in [-0.4, -0.2) is 0 Å². The number of para-hydroxylation sites is 2. The summed E-state index contributed by atoms with van der Waals surface area (Å²) in [5.74, 6) is 3.24. The van der Waals surface area contributed by atoms with E-state index in [1.165, 1.54) is 10.8 Å². The third-order valence-electron chi connectivity index (χ3n) is 11.7. The van der Waals surface area contributed by atoms with E-state index in [0.29, 0.717) is 0 Å². The van der Waals surface area contributed by atoms with Crippen LogP contribution in [0, 0.1) is 0 Å². The van der Waals surface area contributed by atoms with E-state index in [0.717, 1.165) is 101 Å². The number of ether oxygens (including phenoxy) is 2. The first kappa shape index (κ1) is 34.0. The van der Waals surface area contributed by atoms with Gasteiger partial charge < -0.3 is 19.3 Å². The summed E-state index contributed by atoms with van der Waals surface area (Å²) in [7, 11) is 0. The highest BCUT2D eigenvalue weighted by molar-refractivity contribution is 6.04. The van der Waals surface area contributed by atoms with Gasteiger partial charge in [0.1, 0.15) is 0 Å². The van der Waals surface area contributed by atoms with Gasteiger partial charge in [-0.25, -0.2) is 0 Å². The predicted molar refractivity (Wildman–Crippen MR) is 247 cm³/mol. The second-order valence-corrected chi connectivity index (χ2v) is 15.4. The topological polar surface area (TPSA) is 24.9 Å². The summed E-state index contributed by atoms with van der Waals surface area (Å²) in [5, 5.41) is 4.65. The summed E-state index contributed by atoms with van der Waals surface area (Å²) >= 11 is 0. The monoisotopic (exact) mass is 768 g/mol. The van der Waals surface area contributed by atoms with E-state index in [9.17, 15) is 0 Å². The first-order chi connectivity index (χ1) is 29.7. The van der Waals surface area contributed by atoms with Gasteiger partial charge in [-0.15, -0.1) is 0 Å². The smallest absolute Gasteiger partial charge is 0.152 e. The molecule has 0 aliphatic carbocycles. The Morgan fingerprint density at radius 1 is 0.250 bits per heavy atom. The van der Waals surface area contributed by atoms with Crippen molar-refractivity contribution in [1.82, 2.24) is 0 Å². The quantitative estimate of drug-likeness (QED) is 0.174. The lowest BCUT2D eigenvalue weighted by molar-refractivity contribution is 0.477. The van der Waals surface area contributed by atoms with Crippen LogP contribution in [0.1, 0.15) is 0 Å². The van der Waals surface area contributed by atoms with Crippen molar-refractivity contribution < 1.29 is 9.47 Å². The molecule has 4 nitrogen and oxygen atoms in total. The fourth-order valence-electron chi connectivity index (χ4n) is 8.88. The number of nitrogens with zero attached hydrogens (tertiary/aromatic N) is 2. The van der Waals surface area contributed by atoms with Gasteiger partial charge in [-0.3, -0.25) is 0 Å². The normalized spacial score (nSPS) is 12.5. The van der Waals surface area contributed by atoms with Crippen molar-refractivity contribution in [3.05, 3.63) is 218 Å². The molecule has 10 aromatic rings. The van der Waals surface area contributed by atoms with Crippen LogP contribution in [-0.2, 0) is 0 Å². The Kier molecular flexibility index (Phi) is 7.82. The first-order valence-corrected chi connectivity index (χ1v) is 20.3. The van der Waals surface area contributed by atoms with E-state index in [2.05, 4.69) is 216 Å². The third kappa shape index (κ3) is 5.69. The van der Waals surface area contributed by atoms with Crippen LogP contribution >= 0.6 is 0 Å². The zero-order valence-corrected chi connectivity index (χ0v) is 32.5. The van der Waals surface area contributed by atoms with Crippen molar-refractivity contribution in [2.75, 3.05) is 9.80 Å². The minimum atomic E-state index is 0.795. The first-order valence-electron chi connectivity index (χ1n) is 20.3. The summed E-state index contributed by atoms with van der Waals surface area (Å²) in [4.78, 5) is 4.72. The largest absolute Gasteiger partial charge is 0.453 e. The summed E-state index contributed by atoms with van der Waals surface area (Å²) in [6.07, 6.45) is 0. The van der Waals surface area contributed by atoms with Gasteiger partial charge in [0.25, 0.3) is 0 Å². The van der Waals surface area contributed by atoms with Crippen LogP contribution in [0.2, 0.25) is 0 Å². The van der Waals surface area contributed by atoms with E-state index in [4.69, 9.17) is 9.47 Å². The number of hydrogen-bond donors (Lipinski definition) is 0. The van der Waals surface area contributed by atoms with E-state index in [1.807, 2.05) is 12.1 Å². The SMILES string of the molecule is c1ccc(-c2cc(-c3ccccc3)cc(N3c4ccccc4Oc4ccc(-c5ccc6c(c5)N(c5cccc7ccccc57)c5cc7ccccc7cc5O6)cc43)c2)cc1. The average molecular weight is 769 g/mol.